The van der Waals surface area contributed by atoms with E-state index in [1.54, 1.807) is 6.08 Å². The summed E-state index contributed by atoms with van der Waals surface area (Å²) in [6, 6.07) is 10.0. The van der Waals surface area contributed by atoms with E-state index in [-0.39, 0.29) is 22.5 Å². The Labute approximate surface area is 243 Å². The first-order chi connectivity index (χ1) is 18.5. The molecule has 2 aliphatic heterocycles. The Morgan fingerprint density at radius 1 is 0.775 bits per heavy atom. The molecule has 2 heterocycles. The highest BCUT2D eigenvalue weighted by molar-refractivity contribution is 6.74. The Bertz CT molecular complexity index is 1020. The molecule has 2 aliphatic rings. The fourth-order valence-electron chi connectivity index (χ4n) is 3.65. The molecular formula is C31H50O7Si2. The van der Waals surface area contributed by atoms with Gasteiger partial charge in [-0.1, -0.05) is 78.0 Å². The molecule has 40 heavy (non-hydrogen) atoms. The second-order valence-corrected chi connectivity index (χ2v) is 23.3. The van der Waals surface area contributed by atoms with Crippen LogP contribution in [0.5, 0.6) is 0 Å². The second-order valence-electron chi connectivity index (χ2n) is 13.7. The van der Waals surface area contributed by atoms with E-state index in [4.69, 9.17) is 27.8 Å². The number of carbonyl (C=O) groups is 1. The lowest BCUT2D eigenvalue weighted by atomic mass is 10.1. The standard InChI is InChI=1S/C31H50O7Si2/c1-30(2,3)39(7,8)34-21-26-24(32)16-18-29(37-26)36-25-17-19-28(33-20-23-14-12-11-13-15-23)38-27(25)22-35-40(9,10)31(4,5)6/h11-19,25-29H,20-22H2,1-10H3/t25-,26+,27+,28-,29-/m1/s1. The molecule has 0 N–H and O–H groups in total. The molecule has 224 valence electrons. The van der Waals surface area contributed by atoms with Crippen molar-refractivity contribution >= 4 is 22.4 Å². The van der Waals surface area contributed by atoms with Crippen molar-refractivity contribution in [2.45, 2.75) is 115 Å². The normalized spacial score (nSPS) is 26.4. The van der Waals surface area contributed by atoms with Gasteiger partial charge in [-0.2, -0.15) is 0 Å². The minimum atomic E-state index is -2.03. The topological polar surface area (TPSA) is 72.5 Å². The quantitative estimate of drug-likeness (QED) is 0.208. The van der Waals surface area contributed by atoms with Gasteiger partial charge in [0.15, 0.2) is 35.0 Å². The van der Waals surface area contributed by atoms with E-state index >= 15 is 0 Å². The average Bonchev–Trinajstić information content (AvgIpc) is 2.86. The van der Waals surface area contributed by atoms with Crippen LogP contribution in [0.15, 0.2) is 54.6 Å². The van der Waals surface area contributed by atoms with Gasteiger partial charge in [-0.25, -0.2) is 0 Å². The van der Waals surface area contributed by atoms with Crippen LogP contribution < -0.4 is 0 Å². The molecule has 1 aromatic rings. The van der Waals surface area contributed by atoms with Gasteiger partial charge in [-0.05, 0) is 60.1 Å². The molecule has 0 spiro atoms. The highest BCUT2D eigenvalue weighted by Gasteiger charge is 2.41. The van der Waals surface area contributed by atoms with Crippen molar-refractivity contribution in [3.8, 4) is 0 Å². The van der Waals surface area contributed by atoms with Crippen molar-refractivity contribution in [1.29, 1.82) is 0 Å². The molecule has 0 saturated heterocycles. The Kier molecular flexibility index (Phi) is 11.0. The second kappa shape index (κ2) is 13.3. The third-order valence-electron chi connectivity index (χ3n) is 8.53. The molecule has 1 aromatic carbocycles. The summed E-state index contributed by atoms with van der Waals surface area (Å²) in [7, 11) is -4.06. The third kappa shape index (κ3) is 9.03. The summed E-state index contributed by atoms with van der Waals surface area (Å²) in [6.07, 6.45) is 4.23. The number of rotatable bonds is 11. The van der Waals surface area contributed by atoms with Crippen molar-refractivity contribution in [3.05, 3.63) is 60.2 Å². The van der Waals surface area contributed by atoms with Gasteiger partial charge in [-0.3, -0.25) is 4.79 Å². The summed E-state index contributed by atoms with van der Waals surface area (Å²) in [5.41, 5.74) is 1.07. The maximum Gasteiger partial charge on any atom is 0.192 e. The molecular weight excluding hydrogens is 541 g/mol. The van der Waals surface area contributed by atoms with Crippen LogP contribution in [0.2, 0.25) is 36.3 Å². The summed E-state index contributed by atoms with van der Waals surface area (Å²) in [5.74, 6) is -0.110. The Hall–Kier alpha value is -1.44. The van der Waals surface area contributed by atoms with E-state index in [2.05, 4.69) is 67.7 Å². The Morgan fingerprint density at radius 2 is 1.38 bits per heavy atom. The first-order valence-corrected chi connectivity index (χ1v) is 20.1. The molecule has 9 heteroatoms. The van der Waals surface area contributed by atoms with Gasteiger partial charge in [0, 0.05) is 0 Å². The van der Waals surface area contributed by atoms with E-state index in [9.17, 15) is 4.79 Å². The molecule has 3 rings (SSSR count). The van der Waals surface area contributed by atoms with Crippen molar-refractivity contribution < 1.29 is 32.6 Å². The summed E-state index contributed by atoms with van der Waals surface area (Å²) >= 11 is 0. The van der Waals surface area contributed by atoms with E-state index < -0.39 is 47.5 Å². The molecule has 0 amide bonds. The molecule has 0 saturated carbocycles. The smallest absolute Gasteiger partial charge is 0.192 e. The predicted molar refractivity (Wildman–Crippen MR) is 163 cm³/mol. The largest absolute Gasteiger partial charge is 0.414 e. The average molecular weight is 591 g/mol. The lowest BCUT2D eigenvalue weighted by Gasteiger charge is -2.40. The van der Waals surface area contributed by atoms with Crippen molar-refractivity contribution in [2.24, 2.45) is 0 Å². The first-order valence-electron chi connectivity index (χ1n) is 14.3. The van der Waals surface area contributed by atoms with Gasteiger partial charge >= 0.3 is 0 Å². The number of ketones is 1. The highest BCUT2D eigenvalue weighted by Crippen LogP contribution is 2.38. The summed E-state index contributed by atoms with van der Waals surface area (Å²) < 4.78 is 37.6. The minimum Gasteiger partial charge on any atom is -0.414 e. The molecule has 0 unspecified atom stereocenters. The van der Waals surface area contributed by atoms with Crippen LogP contribution in [-0.2, 0) is 39.2 Å². The van der Waals surface area contributed by atoms with Crippen LogP contribution in [0.25, 0.3) is 0 Å². The number of hydrogen-bond acceptors (Lipinski definition) is 7. The first kappa shape index (κ1) is 33.1. The maximum absolute atomic E-state index is 12.6. The SMILES string of the molecule is CC(C)(C)[Si](C)(C)OC[C@@H]1O[C@@H](O[C@@H]2C=C[C@H](OCc3ccccc3)O[C@H]2CO[Si](C)(C)C(C)(C)C)C=CC1=O. The van der Waals surface area contributed by atoms with Gasteiger partial charge in [0.05, 0.1) is 19.8 Å². The zero-order chi connectivity index (χ0) is 29.8. The fourth-order valence-corrected chi connectivity index (χ4v) is 5.67. The minimum absolute atomic E-state index is 0.0389. The number of ether oxygens (including phenoxy) is 4. The number of benzene rings is 1. The Morgan fingerprint density at radius 3 is 1.98 bits per heavy atom. The maximum atomic E-state index is 12.6. The third-order valence-corrected chi connectivity index (χ3v) is 17.5. The highest BCUT2D eigenvalue weighted by atomic mass is 28.4. The van der Waals surface area contributed by atoms with Crippen molar-refractivity contribution in [1.82, 2.24) is 0 Å². The lowest BCUT2D eigenvalue weighted by Crippen LogP contribution is -2.49. The van der Waals surface area contributed by atoms with Crippen molar-refractivity contribution in [2.75, 3.05) is 13.2 Å². The molecule has 0 bridgehead atoms. The summed E-state index contributed by atoms with van der Waals surface area (Å²) in [4.78, 5) is 12.6. The summed E-state index contributed by atoms with van der Waals surface area (Å²) in [5, 5.41) is 0.0984. The van der Waals surface area contributed by atoms with Gasteiger partial charge in [0.25, 0.3) is 0 Å². The van der Waals surface area contributed by atoms with Gasteiger partial charge < -0.3 is 27.8 Å². The van der Waals surface area contributed by atoms with Crippen LogP contribution >= 0.6 is 0 Å². The van der Waals surface area contributed by atoms with Gasteiger partial charge in [0.2, 0.25) is 0 Å². The van der Waals surface area contributed by atoms with Crippen LogP contribution in [0.1, 0.15) is 47.1 Å². The predicted octanol–water partition coefficient (Wildman–Crippen LogP) is 6.76. The van der Waals surface area contributed by atoms with E-state index in [1.807, 2.05) is 42.5 Å². The summed E-state index contributed by atoms with van der Waals surface area (Å²) in [6.45, 7) is 22.9. The molecule has 0 aliphatic carbocycles. The van der Waals surface area contributed by atoms with Crippen molar-refractivity contribution in [3.63, 3.8) is 0 Å². The number of carbonyl (C=O) groups excluding carboxylic acids is 1. The van der Waals surface area contributed by atoms with E-state index in [0.29, 0.717) is 13.2 Å². The van der Waals surface area contributed by atoms with Gasteiger partial charge in [0.1, 0.15) is 18.3 Å². The van der Waals surface area contributed by atoms with E-state index in [0.717, 1.165) is 5.56 Å². The zero-order valence-electron chi connectivity index (χ0n) is 26.1. The Balaban J connectivity index is 1.68. The zero-order valence-corrected chi connectivity index (χ0v) is 28.1. The molecule has 0 radical (unpaired) electrons. The monoisotopic (exact) mass is 590 g/mol. The van der Waals surface area contributed by atoms with Gasteiger partial charge in [-0.15, -0.1) is 0 Å². The fraction of sp³-hybridized carbons (Fsp3) is 0.645. The molecule has 0 fully saturated rings. The van der Waals surface area contributed by atoms with Crippen LogP contribution in [-0.4, -0.2) is 66.5 Å². The molecule has 5 atom stereocenters. The molecule has 0 aromatic heterocycles. The van der Waals surface area contributed by atoms with Crippen LogP contribution in [0, 0.1) is 0 Å². The lowest BCUT2D eigenvalue weighted by molar-refractivity contribution is -0.228. The van der Waals surface area contributed by atoms with E-state index in [1.165, 1.54) is 6.08 Å². The van der Waals surface area contributed by atoms with Crippen LogP contribution in [0.4, 0.5) is 0 Å². The number of hydrogen-bond donors (Lipinski definition) is 0. The molecule has 7 nitrogen and oxygen atoms in total. The van der Waals surface area contributed by atoms with Crippen LogP contribution in [0.3, 0.4) is 0 Å².